The molecule has 0 amide bonds. The molecule has 0 saturated heterocycles. The molecule has 0 aromatic heterocycles. The van der Waals surface area contributed by atoms with Gasteiger partial charge < -0.3 is 4.74 Å². The minimum Gasteiger partial charge on any atom is -0.363 e. The molecule has 2 nitrogen and oxygen atoms in total. The number of ether oxygens (including phenoxy) is 1. The number of hydrogen-bond acceptors (Lipinski definition) is 2. The molecule has 0 heterocycles. The zero-order valence-corrected chi connectivity index (χ0v) is 11.7. The molecule has 0 radical (unpaired) electrons. The van der Waals surface area contributed by atoms with Gasteiger partial charge in [-0.1, -0.05) is 60.7 Å². The van der Waals surface area contributed by atoms with Crippen LogP contribution in [0, 0.1) is 0 Å². The molecule has 20 heavy (non-hydrogen) atoms. The highest BCUT2D eigenvalue weighted by Crippen LogP contribution is 2.24. The van der Waals surface area contributed by atoms with E-state index < -0.39 is 0 Å². The van der Waals surface area contributed by atoms with Crippen LogP contribution in [0.2, 0.25) is 0 Å². The van der Waals surface area contributed by atoms with Gasteiger partial charge in [-0.25, -0.2) is 0 Å². The third-order valence-corrected chi connectivity index (χ3v) is 3.52. The van der Waals surface area contributed by atoms with Gasteiger partial charge in [0.1, 0.15) is 0 Å². The fraction of sp³-hybridized carbons (Fsp3) is 0.333. The van der Waals surface area contributed by atoms with E-state index in [1.807, 2.05) is 0 Å². The summed E-state index contributed by atoms with van der Waals surface area (Å²) in [5.74, 6) is 0. The van der Waals surface area contributed by atoms with Crippen molar-refractivity contribution in [3.05, 3.63) is 71.8 Å². The molecular weight excluding hydrogens is 246 g/mol. The van der Waals surface area contributed by atoms with Crippen molar-refractivity contribution in [2.75, 3.05) is 6.73 Å². The smallest absolute Gasteiger partial charge is 0.0999 e. The van der Waals surface area contributed by atoms with Gasteiger partial charge in [0, 0.05) is 13.1 Å². The molecule has 2 aromatic rings. The van der Waals surface area contributed by atoms with Crippen LogP contribution in [0.3, 0.4) is 0 Å². The molecule has 104 valence electrons. The van der Waals surface area contributed by atoms with E-state index in [1.54, 1.807) is 0 Å². The second-order valence-corrected chi connectivity index (χ2v) is 5.45. The standard InChI is InChI=1S/C18H21NO/c1-3-7-16(8-4-1)13-19(15-20-18-11-12-18)14-17-9-5-2-6-10-17/h1-10,18H,11-15H2. The van der Waals surface area contributed by atoms with E-state index in [0.717, 1.165) is 13.1 Å². The molecule has 0 aliphatic heterocycles. The van der Waals surface area contributed by atoms with Gasteiger partial charge >= 0.3 is 0 Å². The predicted molar refractivity (Wildman–Crippen MR) is 81.1 cm³/mol. The zero-order valence-electron chi connectivity index (χ0n) is 11.7. The predicted octanol–water partition coefficient (Wildman–Crippen LogP) is 3.83. The van der Waals surface area contributed by atoms with Crippen LogP contribution in [0.15, 0.2) is 60.7 Å². The van der Waals surface area contributed by atoms with E-state index in [4.69, 9.17) is 4.74 Å². The Morgan fingerprint density at radius 1 is 0.800 bits per heavy atom. The highest BCUT2D eigenvalue weighted by atomic mass is 16.5. The van der Waals surface area contributed by atoms with Crippen LogP contribution >= 0.6 is 0 Å². The maximum absolute atomic E-state index is 5.89. The van der Waals surface area contributed by atoms with Crippen LogP contribution in [-0.4, -0.2) is 17.7 Å². The molecule has 1 saturated carbocycles. The van der Waals surface area contributed by atoms with Crippen molar-refractivity contribution < 1.29 is 4.74 Å². The molecule has 3 rings (SSSR count). The molecule has 1 aliphatic carbocycles. The lowest BCUT2D eigenvalue weighted by molar-refractivity contribution is 0.00943. The van der Waals surface area contributed by atoms with Gasteiger partial charge in [-0.2, -0.15) is 0 Å². The average Bonchev–Trinajstić information content (AvgIpc) is 3.31. The van der Waals surface area contributed by atoms with Crippen LogP contribution in [0.1, 0.15) is 24.0 Å². The molecule has 0 spiro atoms. The Labute approximate surface area is 121 Å². The van der Waals surface area contributed by atoms with Crippen molar-refractivity contribution in [1.82, 2.24) is 4.90 Å². The van der Waals surface area contributed by atoms with Gasteiger partial charge in [-0.3, -0.25) is 4.90 Å². The Kier molecular flexibility index (Phi) is 4.46. The van der Waals surface area contributed by atoms with Crippen molar-refractivity contribution in [2.24, 2.45) is 0 Å². The van der Waals surface area contributed by atoms with E-state index >= 15 is 0 Å². The van der Waals surface area contributed by atoms with Gasteiger partial charge in [0.2, 0.25) is 0 Å². The Hall–Kier alpha value is -1.64. The Morgan fingerprint density at radius 2 is 1.30 bits per heavy atom. The third-order valence-electron chi connectivity index (χ3n) is 3.52. The van der Waals surface area contributed by atoms with Gasteiger partial charge in [0.15, 0.2) is 0 Å². The van der Waals surface area contributed by atoms with Gasteiger partial charge in [-0.15, -0.1) is 0 Å². The minimum absolute atomic E-state index is 0.504. The van der Waals surface area contributed by atoms with E-state index in [2.05, 4.69) is 65.6 Å². The molecule has 2 aromatic carbocycles. The molecule has 1 aliphatic rings. The van der Waals surface area contributed by atoms with Gasteiger partial charge in [0.05, 0.1) is 12.8 Å². The fourth-order valence-electron chi connectivity index (χ4n) is 2.28. The summed E-state index contributed by atoms with van der Waals surface area (Å²) in [7, 11) is 0. The fourth-order valence-corrected chi connectivity index (χ4v) is 2.28. The topological polar surface area (TPSA) is 12.5 Å². The van der Waals surface area contributed by atoms with Crippen molar-refractivity contribution in [2.45, 2.75) is 32.0 Å². The average molecular weight is 267 g/mol. The lowest BCUT2D eigenvalue weighted by Gasteiger charge is -2.22. The maximum atomic E-state index is 5.89. The Bertz CT molecular complexity index is 466. The van der Waals surface area contributed by atoms with Crippen molar-refractivity contribution >= 4 is 0 Å². The lowest BCUT2D eigenvalue weighted by Crippen LogP contribution is -2.26. The van der Waals surface area contributed by atoms with Crippen LogP contribution in [0.4, 0.5) is 0 Å². The Balaban J connectivity index is 1.63. The van der Waals surface area contributed by atoms with Gasteiger partial charge in [-0.05, 0) is 24.0 Å². The second kappa shape index (κ2) is 6.69. The quantitative estimate of drug-likeness (QED) is 0.707. The number of hydrogen-bond donors (Lipinski definition) is 0. The van der Waals surface area contributed by atoms with Crippen LogP contribution in [-0.2, 0) is 17.8 Å². The summed E-state index contributed by atoms with van der Waals surface area (Å²) >= 11 is 0. The SMILES string of the molecule is c1ccc(CN(COC2CC2)Cc2ccccc2)cc1. The zero-order chi connectivity index (χ0) is 13.6. The highest BCUT2D eigenvalue weighted by Gasteiger charge is 2.23. The number of benzene rings is 2. The minimum atomic E-state index is 0.504. The molecular formula is C18H21NO. The van der Waals surface area contributed by atoms with Crippen molar-refractivity contribution in [3.63, 3.8) is 0 Å². The summed E-state index contributed by atoms with van der Waals surface area (Å²) in [5, 5.41) is 0. The van der Waals surface area contributed by atoms with E-state index in [9.17, 15) is 0 Å². The van der Waals surface area contributed by atoms with Crippen molar-refractivity contribution in [1.29, 1.82) is 0 Å². The van der Waals surface area contributed by atoms with Crippen LogP contribution in [0.5, 0.6) is 0 Å². The second-order valence-electron chi connectivity index (χ2n) is 5.45. The van der Waals surface area contributed by atoms with Crippen LogP contribution < -0.4 is 0 Å². The van der Waals surface area contributed by atoms with Crippen LogP contribution in [0.25, 0.3) is 0 Å². The largest absolute Gasteiger partial charge is 0.363 e. The summed E-state index contributed by atoms with van der Waals surface area (Å²) in [5.41, 5.74) is 2.67. The lowest BCUT2D eigenvalue weighted by atomic mass is 10.2. The van der Waals surface area contributed by atoms with Crippen molar-refractivity contribution in [3.8, 4) is 0 Å². The maximum Gasteiger partial charge on any atom is 0.0999 e. The highest BCUT2D eigenvalue weighted by molar-refractivity contribution is 5.16. The summed E-state index contributed by atoms with van der Waals surface area (Å²) in [6.45, 7) is 2.58. The molecule has 0 atom stereocenters. The molecule has 0 N–H and O–H groups in total. The number of rotatable bonds is 7. The number of nitrogens with zero attached hydrogens (tertiary/aromatic N) is 1. The third kappa shape index (κ3) is 4.19. The first kappa shape index (κ1) is 13.3. The molecule has 0 unspecified atom stereocenters. The first-order chi connectivity index (χ1) is 9.90. The summed E-state index contributed by atoms with van der Waals surface area (Å²) in [6, 6.07) is 21.2. The summed E-state index contributed by atoms with van der Waals surface area (Å²) in [4.78, 5) is 2.36. The summed E-state index contributed by atoms with van der Waals surface area (Å²) < 4.78 is 5.89. The first-order valence-corrected chi connectivity index (χ1v) is 7.32. The van der Waals surface area contributed by atoms with Gasteiger partial charge in [0.25, 0.3) is 0 Å². The van der Waals surface area contributed by atoms with E-state index in [-0.39, 0.29) is 0 Å². The van der Waals surface area contributed by atoms with E-state index in [1.165, 1.54) is 24.0 Å². The normalized spacial score (nSPS) is 14.7. The first-order valence-electron chi connectivity index (χ1n) is 7.32. The monoisotopic (exact) mass is 267 g/mol. The Morgan fingerprint density at radius 3 is 1.75 bits per heavy atom. The molecule has 0 bridgehead atoms. The summed E-state index contributed by atoms with van der Waals surface area (Å²) in [6.07, 6.45) is 2.96. The van der Waals surface area contributed by atoms with E-state index in [0.29, 0.717) is 12.8 Å². The molecule has 2 heteroatoms. The molecule has 1 fully saturated rings.